The molecule has 8 heteroatoms. The van der Waals surface area contributed by atoms with Gasteiger partial charge < -0.3 is 20.3 Å². The average molecular weight is 379 g/mol. The largest absolute Gasteiger partial charge is 0.477 e. The highest BCUT2D eigenvalue weighted by Gasteiger charge is 2.31. The normalized spacial score (nSPS) is 18.3. The van der Waals surface area contributed by atoms with Gasteiger partial charge in [0.2, 0.25) is 5.43 Å². The molecule has 0 aliphatic carbocycles. The van der Waals surface area contributed by atoms with Gasteiger partial charge in [-0.05, 0) is 31.7 Å². The molecule has 1 aromatic carbocycles. The molecule has 2 atom stereocenters. The van der Waals surface area contributed by atoms with Gasteiger partial charge in [0.25, 0.3) is 0 Å². The SMILES string of the molecule is CC[C@H](N)C1CCN(c2c(F)cc3c(=O)c(C(=O)O)cn(CC)c3c2F)C1. The van der Waals surface area contributed by atoms with Crippen molar-refractivity contribution in [2.45, 2.75) is 39.3 Å². The van der Waals surface area contributed by atoms with E-state index in [2.05, 4.69) is 0 Å². The molecule has 2 aromatic rings. The second-order valence-electron chi connectivity index (χ2n) is 6.95. The number of aryl methyl sites for hydroxylation is 1. The maximum absolute atomic E-state index is 15.3. The van der Waals surface area contributed by atoms with Gasteiger partial charge in [0, 0.05) is 31.9 Å². The number of hydrogen-bond acceptors (Lipinski definition) is 4. The summed E-state index contributed by atoms with van der Waals surface area (Å²) in [4.78, 5) is 25.3. The third-order valence-corrected chi connectivity index (χ3v) is 5.42. The Hall–Kier alpha value is -2.48. The lowest BCUT2D eigenvalue weighted by Gasteiger charge is -2.23. The molecule has 0 bridgehead atoms. The van der Waals surface area contributed by atoms with Crippen LogP contribution < -0.4 is 16.1 Å². The number of hydrogen-bond donors (Lipinski definition) is 2. The highest BCUT2D eigenvalue weighted by atomic mass is 19.1. The van der Waals surface area contributed by atoms with Crippen LogP contribution >= 0.6 is 0 Å². The fourth-order valence-corrected chi connectivity index (χ4v) is 3.84. The predicted molar refractivity (Wildman–Crippen MR) is 99.3 cm³/mol. The Kier molecular flexibility index (Phi) is 5.19. The molecule has 6 nitrogen and oxygen atoms in total. The van der Waals surface area contributed by atoms with E-state index in [1.165, 1.54) is 4.57 Å². The molecule has 0 radical (unpaired) electrons. The van der Waals surface area contributed by atoms with Crippen molar-refractivity contribution < 1.29 is 18.7 Å². The maximum atomic E-state index is 15.3. The molecule has 1 aliphatic heterocycles. The molecule has 0 saturated carbocycles. The standard InChI is InChI=1S/C19H23F2N3O3/c1-3-14(22)10-5-6-24(8-10)17-13(20)7-11-16(15(17)21)23(4-2)9-12(18(11)25)19(26)27/h7,9-10,14H,3-6,8,22H2,1-2H3,(H,26,27)/t10?,14-/m0/s1. The molecule has 1 unspecified atom stereocenters. The van der Waals surface area contributed by atoms with Crippen molar-refractivity contribution in [3.05, 3.63) is 39.7 Å². The topological polar surface area (TPSA) is 88.6 Å². The number of rotatable bonds is 5. The fraction of sp³-hybridized carbons (Fsp3) is 0.474. The van der Waals surface area contributed by atoms with Crippen LogP contribution in [0.15, 0.2) is 17.1 Å². The zero-order valence-corrected chi connectivity index (χ0v) is 15.3. The fourth-order valence-electron chi connectivity index (χ4n) is 3.84. The maximum Gasteiger partial charge on any atom is 0.341 e. The van der Waals surface area contributed by atoms with E-state index in [1.54, 1.807) is 11.8 Å². The van der Waals surface area contributed by atoms with Gasteiger partial charge in [0.15, 0.2) is 5.82 Å². The van der Waals surface area contributed by atoms with Crippen LogP contribution in [0, 0.1) is 17.6 Å². The Morgan fingerprint density at radius 3 is 2.70 bits per heavy atom. The van der Waals surface area contributed by atoms with Gasteiger partial charge in [0.05, 0.1) is 10.9 Å². The summed E-state index contributed by atoms with van der Waals surface area (Å²) in [5.74, 6) is -2.99. The Balaban J connectivity index is 2.18. The van der Waals surface area contributed by atoms with Gasteiger partial charge in [-0.15, -0.1) is 0 Å². The molecule has 0 amide bonds. The molecular formula is C19H23F2N3O3. The number of nitrogens with zero attached hydrogens (tertiary/aromatic N) is 2. The summed E-state index contributed by atoms with van der Waals surface area (Å²) in [5.41, 5.74) is 4.42. The zero-order chi connectivity index (χ0) is 19.9. The molecular weight excluding hydrogens is 356 g/mol. The second kappa shape index (κ2) is 7.26. The van der Waals surface area contributed by atoms with Crippen LogP contribution in [-0.2, 0) is 6.54 Å². The Morgan fingerprint density at radius 2 is 2.11 bits per heavy atom. The molecule has 146 valence electrons. The van der Waals surface area contributed by atoms with Crippen molar-refractivity contribution in [3.63, 3.8) is 0 Å². The summed E-state index contributed by atoms with van der Waals surface area (Å²) >= 11 is 0. The number of anilines is 1. The molecule has 2 heterocycles. The summed E-state index contributed by atoms with van der Waals surface area (Å²) in [6, 6.07) is 0.912. The highest BCUT2D eigenvalue weighted by molar-refractivity contribution is 5.93. The molecule has 3 N–H and O–H groups in total. The van der Waals surface area contributed by atoms with E-state index in [0.717, 1.165) is 25.1 Å². The monoisotopic (exact) mass is 379 g/mol. The Bertz CT molecular complexity index is 958. The van der Waals surface area contributed by atoms with Crippen LogP contribution in [0.2, 0.25) is 0 Å². The number of carbonyl (C=O) groups is 1. The number of carboxylic acids is 1. The number of aromatic carboxylic acids is 1. The third kappa shape index (κ3) is 3.18. The average Bonchev–Trinajstić information content (AvgIpc) is 3.11. The van der Waals surface area contributed by atoms with Gasteiger partial charge in [-0.3, -0.25) is 4.79 Å². The first kappa shape index (κ1) is 19.3. The molecule has 27 heavy (non-hydrogen) atoms. The van der Waals surface area contributed by atoms with Crippen molar-refractivity contribution in [2.75, 3.05) is 18.0 Å². The molecule has 1 aliphatic rings. The summed E-state index contributed by atoms with van der Waals surface area (Å²) in [5, 5.41) is 8.93. The lowest BCUT2D eigenvalue weighted by molar-refractivity contribution is 0.0695. The van der Waals surface area contributed by atoms with Crippen LogP contribution in [0.5, 0.6) is 0 Å². The van der Waals surface area contributed by atoms with Crippen LogP contribution in [0.25, 0.3) is 10.9 Å². The third-order valence-electron chi connectivity index (χ3n) is 5.42. The van der Waals surface area contributed by atoms with E-state index in [9.17, 15) is 19.1 Å². The highest BCUT2D eigenvalue weighted by Crippen LogP contribution is 2.34. The van der Waals surface area contributed by atoms with Crippen LogP contribution in [0.3, 0.4) is 0 Å². The van der Waals surface area contributed by atoms with Crippen molar-refractivity contribution in [1.82, 2.24) is 4.57 Å². The van der Waals surface area contributed by atoms with Crippen LogP contribution in [-0.4, -0.2) is 34.8 Å². The number of aromatic nitrogens is 1. The van der Waals surface area contributed by atoms with Crippen LogP contribution in [0.4, 0.5) is 14.5 Å². The van der Waals surface area contributed by atoms with Gasteiger partial charge in [-0.1, -0.05) is 6.92 Å². The number of nitrogens with two attached hydrogens (primary N) is 1. The van der Waals surface area contributed by atoms with E-state index < -0.39 is 28.6 Å². The quantitative estimate of drug-likeness (QED) is 0.834. The minimum atomic E-state index is -1.43. The second-order valence-corrected chi connectivity index (χ2v) is 6.95. The summed E-state index contributed by atoms with van der Waals surface area (Å²) in [6.45, 7) is 4.83. The predicted octanol–water partition coefficient (Wildman–Crippen LogP) is 2.56. The zero-order valence-electron chi connectivity index (χ0n) is 15.3. The van der Waals surface area contributed by atoms with E-state index in [0.29, 0.717) is 13.1 Å². The van der Waals surface area contributed by atoms with E-state index in [4.69, 9.17) is 5.73 Å². The van der Waals surface area contributed by atoms with Gasteiger partial charge in [-0.25, -0.2) is 13.6 Å². The van der Waals surface area contributed by atoms with Gasteiger partial charge >= 0.3 is 5.97 Å². The number of benzene rings is 1. The number of fused-ring (bicyclic) bond motifs is 1. The molecule has 0 spiro atoms. The first-order valence-corrected chi connectivity index (χ1v) is 9.09. The van der Waals surface area contributed by atoms with Gasteiger partial charge in [0.1, 0.15) is 17.1 Å². The number of pyridine rings is 1. The minimum absolute atomic E-state index is 0.0338. The first-order chi connectivity index (χ1) is 12.8. The van der Waals surface area contributed by atoms with E-state index in [1.807, 2.05) is 6.92 Å². The molecule has 1 saturated heterocycles. The van der Waals surface area contributed by atoms with Gasteiger partial charge in [-0.2, -0.15) is 0 Å². The van der Waals surface area contributed by atoms with Crippen molar-refractivity contribution in [1.29, 1.82) is 0 Å². The van der Waals surface area contributed by atoms with Crippen molar-refractivity contribution >= 4 is 22.6 Å². The smallest absolute Gasteiger partial charge is 0.341 e. The Morgan fingerprint density at radius 1 is 1.41 bits per heavy atom. The molecule has 1 aromatic heterocycles. The minimum Gasteiger partial charge on any atom is -0.477 e. The van der Waals surface area contributed by atoms with Crippen molar-refractivity contribution in [3.8, 4) is 0 Å². The summed E-state index contributed by atoms with van der Waals surface area (Å²) < 4.78 is 31.5. The van der Waals surface area contributed by atoms with E-state index >= 15 is 4.39 Å². The first-order valence-electron chi connectivity index (χ1n) is 9.09. The summed E-state index contributed by atoms with van der Waals surface area (Å²) in [7, 11) is 0. The number of halogens is 2. The molecule has 3 rings (SSSR count). The summed E-state index contributed by atoms with van der Waals surface area (Å²) in [6.07, 6.45) is 2.64. The van der Waals surface area contributed by atoms with E-state index in [-0.39, 0.29) is 35.1 Å². The lowest BCUT2D eigenvalue weighted by atomic mass is 9.98. The molecule has 1 fully saturated rings. The van der Waals surface area contributed by atoms with Crippen molar-refractivity contribution in [2.24, 2.45) is 11.7 Å². The lowest BCUT2D eigenvalue weighted by Crippen LogP contribution is -2.32. The van der Waals surface area contributed by atoms with Crippen LogP contribution in [0.1, 0.15) is 37.0 Å². The number of carboxylic acid groups (broad SMARTS) is 1. The Labute approximate surface area is 155 Å².